The zero-order chi connectivity index (χ0) is 39.0. The van der Waals surface area contributed by atoms with E-state index >= 15 is 0 Å². The Morgan fingerprint density at radius 3 is 2.08 bits per heavy atom. The number of ether oxygens (including phenoxy) is 4. The van der Waals surface area contributed by atoms with Crippen LogP contribution in [-0.2, 0) is 43.8 Å². The Balaban J connectivity index is 2.78. The van der Waals surface area contributed by atoms with Crippen LogP contribution in [0.5, 0.6) is 0 Å². The summed E-state index contributed by atoms with van der Waals surface area (Å²) in [5, 5.41) is 0. The predicted molar refractivity (Wildman–Crippen MR) is 211 cm³/mol. The second-order valence-electron chi connectivity index (χ2n) is 15.0. The van der Waals surface area contributed by atoms with Crippen LogP contribution in [0.25, 0.3) is 0 Å². The van der Waals surface area contributed by atoms with Gasteiger partial charge >= 0.3 is 5.97 Å². The Bertz CT molecular complexity index is 1230. The van der Waals surface area contributed by atoms with Gasteiger partial charge in [0.2, 0.25) is 0 Å². The van der Waals surface area contributed by atoms with Gasteiger partial charge in [-0.05, 0) is 42.7 Å². The highest BCUT2D eigenvalue weighted by atomic mass is 28.4. The molecule has 1 aromatic rings. The third-order valence-electron chi connectivity index (χ3n) is 11.8. The van der Waals surface area contributed by atoms with Gasteiger partial charge in [0.05, 0.1) is 30.8 Å². The summed E-state index contributed by atoms with van der Waals surface area (Å²) >= 11 is 0. The Kier molecular flexibility index (Phi) is 19.9. The predicted octanol–water partition coefficient (Wildman–Crippen LogP) is 9.17. The lowest BCUT2D eigenvalue weighted by atomic mass is 9.76. The van der Waals surface area contributed by atoms with Crippen LogP contribution >= 0.6 is 0 Å². The molecular weight excluding hydrogens is 695 g/mol. The molecule has 0 radical (unpaired) electrons. The van der Waals surface area contributed by atoms with Gasteiger partial charge in [-0.1, -0.05) is 86.6 Å². The summed E-state index contributed by atoms with van der Waals surface area (Å²) in [6.45, 7) is 19.2. The zero-order valence-corrected chi connectivity index (χ0v) is 36.4. The number of aldehydes is 1. The topological polar surface area (TPSA) is 116 Å². The molecule has 0 spiro atoms. The molecular formula is C40H71NO9Si2. The molecule has 7 atom stereocenters. The van der Waals surface area contributed by atoms with Crippen LogP contribution in [-0.4, -0.2) is 85.7 Å². The van der Waals surface area contributed by atoms with Crippen LogP contribution in [0.1, 0.15) is 106 Å². The molecule has 1 aromatic heterocycles. The number of carbonyl (C=O) groups is 2. The van der Waals surface area contributed by atoms with Crippen LogP contribution in [0.2, 0.25) is 36.3 Å². The van der Waals surface area contributed by atoms with Crippen molar-refractivity contribution in [3.8, 4) is 0 Å². The number of cyclic esters (lactones) is 1. The first-order valence-corrected chi connectivity index (χ1v) is 24.7. The lowest BCUT2D eigenvalue weighted by Gasteiger charge is -2.45. The summed E-state index contributed by atoms with van der Waals surface area (Å²) in [6, 6.07) is 5.70. The van der Waals surface area contributed by atoms with E-state index in [0.29, 0.717) is 37.3 Å². The molecule has 2 rings (SSSR count). The number of carbonyl (C=O) groups excluding carboxylic acids is 2. The van der Waals surface area contributed by atoms with Gasteiger partial charge in [-0.25, -0.2) is 4.98 Å². The van der Waals surface area contributed by atoms with Gasteiger partial charge in [0.15, 0.2) is 22.5 Å². The molecule has 2 bridgehead atoms. The van der Waals surface area contributed by atoms with Crippen LogP contribution in [0.3, 0.4) is 0 Å². The minimum Gasteiger partial charge on any atom is -0.462 e. The van der Waals surface area contributed by atoms with E-state index in [2.05, 4.69) is 55.4 Å². The molecule has 0 saturated heterocycles. The fourth-order valence-electron chi connectivity index (χ4n) is 7.26. The van der Waals surface area contributed by atoms with E-state index in [1.165, 1.54) is 0 Å². The summed E-state index contributed by atoms with van der Waals surface area (Å²) in [5.74, 6) is -0.227. The van der Waals surface area contributed by atoms with Gasteiger partial charge in [-0.2, -0.15) is 0 Å². The van der Waals surface area contributed by atoms with Crippen LogP contribution in [0.4, 0.5) is 0 Å². The zero-order valence-electron chi connectivity index (χ0n) is 34.4. The molecule has 0 amide bonds. The van der Waals surface area contributed by atoms with Crippen LogP contribution in [0, 0.1) is 11.3 Å². The maximum atomic E-state index is 14.3. The van der Waals surface area contributed by atoms with Crippen molar-refractivity contribution in [3.05, 3.63) is 42.2 Å². The van der Waals surface area contributed by atoms with Crippen molar-refractivity contribution < 1.29 is 41.8 Å². The fourth-order valence-corrected chi connectivity index (χ4v) is 13.1. The van der Waals surface area contributed by atoms with Gasteiger partial charge in [-0.15, -0.1) is 0 Å². The third kappa shape index (κ3) is 12.8. The van der Waals surface area contributed by atoms with Crippen molar-refractivity contribution in [1.29, 1.82) is 0 Å². The number of oxazole rings is 1. The first-order valence-electron chi connectivity index (χ1n) is 19.6. The molecule has 0 aliphatic carbocycles. The minimum absolute atomic E-state index is 0.0768. The normalized spacial score (nSPS) is 26.3. The van der Waals surface area contributed by atoms with E-state index < -0.39 is 52.4 Å². The number of esters is 1. The van der Waals surface area contributed by atoms with Crippen LogP contribution in [0.15, 0.2) is 35.0 Å². The smallest absolute Gasteiger partial charge is 0.308 e. The number of fused-ring (bicyclic) bond motifs is 2. The highest BCUT2D eigenvalue weighted by Crippen LogP contribution is 2.40. The molecule has 0 unspecified atom stereocenters. The summed E-state index contributed by atoms with van der Waals surface area (Å²) in [4.78, 5) is 31.2. The van der Waals surface area contributed by atoms with E-state index in [1.54, 1.807) is 27.6 Å². The lowest BCUT2D eigenvalue weighted by molar-refractivity contribution is -0.166. The van der Waals surface area contributed by atoms with Gasteiger partial charge in [0.25, 0.3) is 0 Å². The third-order valence-corrected chi connectivity index (χ3v) is 21.2. The highest BCUT2D eigenvalue weighted by molar-refractivity contribution is 6.74. The second kappa shape index (κ2) is 22.4. The van der Waals surface area contributed by atoms with Crippen molar-refractivity contribution in [2.45, 2.75) is 167 Å². The van der Waals surface area contributed by atoms with Crippen molar-refractivity contribution >= 4 is 28.9 Å². The monoisotopic (exact) mass is 765 g/mol. The number of hydrogen-bond acceptors (Lipinski definition) is 10. The first kappa shape index (κ1) is 46.2. The molecule has 1 aliphatic heterocycles. The summed E-state index contributed by atoms with van der Waals surface area (Å²) < 4.78 is 44.6. The molecule has 1 aliphatic rings. The molecule has 0 aromatic carbocycles. The molecule has 298 valence electrons. The van der Waals surface area contributed by atoms with Crippen molar-refractivity contribution in [2.75, 3.05) is 21.3 Å². The molecule has 0 N–H and O–H groups in total. The molecule has 0 fully saturated rings. The average Bonchev–Trinajstić information content (AvgIpc) is 3.62. The number of rotatable bonds is 17. The average molecular weight is 766 g/mol. The van der Waals surface area contributed by atoms with Gasteiger partial charge in [0.1, 0.15) is 30.5 Å². The second-order valence-corrected chi connectivity index (χ2v) is 24.4. The quantitative estimate of drug-likeness (QED) is 0.0864. The number of nitrogens with zero attached hydrogens (tertiary/aromatic N) is 1. The highest BCUT2D eigenvalue weighted by Gasteiger charge is 2.47. The number of methoxy groups -OCH3 is 3. The molecule has 2 heterocycles. The first-order chi connectivity index (χ1) is 24.8. The standard InChI is InChI=1S/C40H71NO9Si2/c1-13-51(14-2,15-3)49-32-24-31(44-10)22-20-19-21-23-34(45-11)33-29-47-38(41-33)27-37(50-52(16-4,17-5)18-6)40(8,9)36(48-39(43)25-32)26-35(46-12)30(7)28-42/h19-22,28-32,34-37H,13-18,23-27H2,1-12H3/b21-19+,22-20+/t30-,31-,32-,34-,35-,36-,37-/m0/s1. The lowest BCUT2D eigenvalue weighted by Crippen LogP contribution is -2.52. The Labute approximate surface area is 317 Å². The summed E-state index contributed by atoms with van der Waals surface area (Å²) in [6.07, 6.45) is 9.93. The van der Waals surface area contributed by atoms with Crippen LogP contribution < -0.4 is 0 Å². The van der Waals surface area contributed by atoms with Crippen molar-refractivity contribution in [1.82, 2.24) is 4.98 Å². The Morgan fingerprint density at radius 1 is 0.923 bits per heavy atom. The Hall–Kier alpha value is -1.94. The number of aromatic nitrogens is 1. The van der Waals surface area contributed by atoms with Crippen molar-refractivity contribution in [2.24, 2.45) is 11.3 Å². The van der Waals surface area contributed by atoms with Gasteiger partial charge < -0.3 is 37.0 Å². The largest absolute Gasteiger partial charge is 0.462 e. The number of allylic oxidation sites excluding steroid dienone is 2. The van der Waals surface area contributed by atoms with Gasteiger partial charge in [0, 0.05) is 51.9 Å². The van der Waals surface area contributed by atoms with E-state index in [4.69, 9.17) is 37.2 Å². The fraction of sp³-hybridized carbons (Fsp3) is 0.775. The molecule has 10 nitrogen and oxygen atoms in total. The molecule has 0 saturated carbocycles. The maximum absolute atomic E-state index is 14.3. The summed E-state index contributed by atoms with van der Waals surface area (Å²) in [5.41, 5.74) is -0.0329. The Morgan fingerprint density at radius 2 is 1.54 bits per heavy atom. The summed E-state index contributed by atoms with van der Waals surface area (Å²) in [7, 11) is 0.655. The van der Waals surface area contributed by atoms with E-state index in [-0.39, 0.29) is 24.6 Å². The minimum atomic E-state index is -2.20. The maximum Gasteiger partial charge on any atom is 0.308 e. The van der Waals surface area contributed by atoms with E-state index in [1.807, 2.05) is 31.2 Å². The molecule has 52 heavy (non-hydrogen) atoms. The number of hydrogen-bond donors (Lipinski definition) is 0. The molecule has 12 heteroatoms. The van der Waals surface area contributed by atoms with Crippen molar-refractivity contribution in [3.63, 3.8) is 0 Å². The van der Waals surface area contributed by atoms with Gasteiger partial charge in [-0.3, -0.25) is 4.79 Å². The SMILES string of the molecule is CC[Si](CC)(CC)O[C@@H]1CC(=O)O[C@@H](C[C@H](OC)[C@@H](C)C=O)C(C)(C)[C@@H](O[Si](CC)(CC)CC)Cc2nc(co2)[C@@H](OC)C/C=C/C=C/[C@H](OC)C1. The van der Waals surface area contributed by atoms with E-state index in [0.717, 1.165) is 42.6 Å². The van der Waals surface area contributed by atoms with E-state index in [9.17, 15) is 9.59 Å².